The van der Waals surface area contributed by atoms with Crippen molar-refractivity contribution in [2.24, 2.45) is 0 Å². The molecule has 136 valence electrons. The first-order valence-corrected chi connectivity index (χ1v) is 10.9. The van der Waals surface area contributed by atoms with E-state index in [1.165, 1.54) is 0 Å². The van der Waals surface area contributed by atoms with E-state index in [2.05, 4.69) is 28.4 Å². The van der Waals surface area contributed by atoms with E-state index in [-0.39, 0.29) is 11.8 Å². The fraction of sp³-hybridized carbons (Fsp3) is 0.350. The number of aromatic nitrogens is 2. The normalized spacial score (nSPS) is 19.4. The fourth-order valence-electron chi connectivity index (χ4n) is 3.78. The van der Waals surface area contributed by atoms with Gasteiger partial charge in [0, 0.05) is 24.3 Å². The van der Waals surface area contributed by atoms with Crippen LogP contribution < -0.4 is 0 Å². The third-order valence-electron chi connectivity index (χ3n) is 5.16. The van der Waals surface area contributed by atoms with Crippen LogP contribution in [0.4, 0.5) is 0 Å². The molecule has 1 atom stereocenters. The van der Waals surface area contributed by atoms with Crippen molar-refractivity contribution in [3.63, 3.8) is 0 Å². The summed E-state index contributed by atoms with van der Waals surface area (Å²) in [5.41, 5.74) is 4.08. The molecule has 1 fully saturated rings. The molecule has 0 bridgehead atoms. The lowest BCUT2D eigenvalue weighted by atomic mass is 10.1. The van der Waals surface area contributed by atoms with Crippen LogP contribution in [0.25, 0.3) is 16.9 Å². The summed E-state index contributed by atoms with van der Waals surface area (Å²) in [7, 11) is -2.90. The average molecular weight is 369 g/mol. The van der Waals surface area contributed by atoms with Gasteiger partial charge in [0.15, 0.2) is 9.84 Å². The van der Waals surface area contributed by atoms with Gasteiger partial charge in [0.1, 0.15) is 5.65 Å². The van der Waals surface area contributed by atoms with Crippen LogP contribution in [-0.2, 0) is 16.4 Å². The molecule has 0 spiro atoms. The van der Waals surface area contributed by atoms with Crippen LogP contribution in [0.1, 0.15) is 19.0 Å². The van der Waals surface area contributed by atoms with Crippen molar-refractivity contribution in [1.82, 2.24) is 14.3 Å². The Hall–Kier alpha value is -2.18. The maximum Gasteiger partial charge on any atom is 0.151 e. The smallest absolute Gasteiger partial charge is 0.151 e. The molecule has 0 saturated carbocycles. The Labute approximate surface area is 154 Å². The van der Waals surface area contributed by atoms with Gasteiger partial charge in [-0.25, -0.2) is 13.4 Å². The van der Waals surface area contributed by atoms with Gasteiger partial charge in [-0.15, -0.1) is 0 Å². The van der Waals surface area contributed by atoms with Crippen LogP contribution in [0, 0.1) is 0 Å². The fourth-order valence-corrected chi connectivity index (χ4v) is 5.54. The molecule has 0 N–H and O–H groups in total. The first-order chi connectivity index (χ1) is 12.6. The van der Waals surface area contributed by atoms with Gasteiger partial charge in [-0.05, 0) is 25.1 Å². The molecule has 1 aromatic carbocycles. The van der Waals surface area contributed by atoms with Gasteiger partial charge in [0.05, 0.1) is 22.9 Å². The van der Waals surface area contributed by atoms with E-state index >= 15 is 0 Å². The standard InChI is InChI=1S/C20H23N3O2S/c1-2-22(17-11-13-26(24,25)15-17)14-18-20(16-8-4-3-5-9-16)21-19-10-6-7-12-23(18)19/h3-10,12,17H,2,11,13-15H2,1H3/t17-/m0/s1. The van der Waals surface area contributed by atoms with Crippen molar-refractivity contribution in [2.75, 3.05) is 18.1 Å². The summed E-state index contributed by atoms with van der Waals surface area (Å²) in [4.78, 5) is 7.11. The Morgan fingerprint density at radius 1 is 1.15 bits per heavy atom. The summed E-state index contributed by atoms with van der Waals surface area (Å²) in [5.74, 6) is 0.561. The van der Waals surface area contributed by atoms with E-state index in [0.717, 1.165) is 29.1 Å². The van der Waals surface area contributed by atoms with E-state index in [1.54, 1.807) is 0 Å². The Kier molecular flexibility index (Phi) is 4.54. The van der Waals surface area contributed by atoms with Crippen molar-refractivity contribution >= 4 is 15.5 Å². The van der Waals surface area contributed by atoms with Crippen LogP contribution in [0.15, 0.2) is 54.7 Å². The monoisotopic (exact) mass is 369 g/mol. The van der Waals surface area contributed by atoms with Gasteiger partial charge in [0.2, 0.25) is 0 Å². The number of sulfone groups is 1. The van der Waals surface area contributed by atoms with E-state index in [4.69, 9.17) is 4.98 Å². The molecule has 0 aliphatic carbocycles. The summed E-state index contributed by atoms with van der Waals surface area (Å²) in [6.07, 6.45) is 2.75. The first kappa shape index (κ1) is 17.2. The second kappa shape index (κ2) is 6.85. The van der Waals surface area contributed by atoms with E-state index < -0.39 is 9.84 Å². The topological polar surface area (TPSA) is 54.7 Å². The number of benzene rings is 1. The highest BCUT2D eigenvalue weighted by molar-refractivity contribution is 7.91. The average Bonchev–Trinajstić information content (AvgIpc) is 3.20. The largest absolute Gasteiger partial charge is 0.302 e. The van der Waals surface area contributed by atoms with Crippen molar-refractivity contribution < 1.29 is 8.42 Å². The zero-order valence-electron chi connectivity index (χ0n) is 14.9. The molecule has 1 aliphatic heterocycles. The van der Waals surface area contributed by atoms with Crippen LogP contribution in [-0.4, -0.2) is 46.8 Å². The molecule has 1 saturated heterocycles. The van der Waals surface area contributed by atoms with Crippen molar-refractivity contribution in [3.8, 4) is 11.3 Å². The zero-order chi connectivity index (χ0) is 18.1. The molecule has 5 nitrogen and oxygen atoms in total. The summed E-state index contributed by atoms with van der Waals surface area (Å²) in [5, 5.41) is 0. The maximum atomic E-state index is 11.9. The molecule has 0 radical (unpaired) electrons. The van der Waals surface area contributed by atoms with Crippen molar-refractivity contribution in [1.29, 1.82) is 0 Å². The number of hydrogen-bond acceptors (Lipinski definition) is 4. The molecule has 4 rings (SSSR count). The van der Waals surface area contributed by atoms with Gasteiger partial charge in [-0.3, -0.25) is 4.90 Å². The highest BCUT2D eigenvalue weighted by atomic mass is 32.2. The lowest BCUT2D eigenvalue weighted by Gasteiger charge is -2.26. The SMILES string of the molecule is CCN(Cc1c(-c2ccccc2)nc2ccccn12)[C@H]1CCS(=O)(=O)C1. The molecule has 3 aromatic rings. The van der Waals surface area contributed by atoms with Gasteiger partial charge in [-0.2, -0.15) is 0 Å². The lowest BCUT2D eigenvalue weighted by molar-refractivity contribution is 0.212. The number of pyridine rings is 1. The summed E-state index contributed by atoms with van der Waals surface area (Å²) in [6.45, 7) is 3.59. The third-order valence-corrected chi connectivity index (χ3v) is 6.91. The number of rotatable bonds is 5. The Balaban J connectivity index is 1.75. The lowest BCUT2D eigenvalue weighted by Crippen LogP contribution is -2.36. The molecule has 0 unspecified atom stereocenters. The predicted molar refractivity (Wildman–Crippen MR) is 104 cm³/mol. The molecular weight excluding hydrogens is 346 g/mol. The van der Waals surface area contributed by atoms with Crippen LogP contribution in [0.2, 0.25) is 0 Å². The molecular formula is C20H23N3O2S. The number of nitrogens with zero attached hydrogens (tertiary/aromatic N) is 3. The minimum atomic E-state index is -2.90. The highest BCUT2D eigenvalue weighted by Crippen LogP contribution is 2.27. The van der Waals surface area contributed by atoms with Gasteiger partial charge in [0.25, 0.3) is 0 Å². The second-order valence-electron chi connectivity index (χ2n) is 6.82. The van der Waals surface area contributed by atoms with Gasteiger partial charge < -0.3 is 4.40 Å². The van der Waals surface area contributed by atoms with Crippen LogP contribution in [0.5, 0.6) is 0 Å². The summed E-state index contributed by atoms with van der Waals surface area (Å²) in [6, 6.07) is 16.3. The number of hydrogen-bond donors (Lipinski definition) is 0. The highest BCUT2D eigenvalue weighted by Gasteiger charge is 2.32. The summed E-state index contributed by atoms with van der Waals surface area (Å²) < 4.78 is 26.0. The Morgan fingerprint density at radius 3 is 2.62 bits per heavy atom. The van der Waals surface area contributed by atoms with Crippen molar-refractivity contribution in [2.45, 2.75) is 25.9 Å². The predicted octanol–water partition coefficient (Wildman–Crippen LogP) is 3.01. The van der Waals surface area contributed by atoms with Crippen LogP contribution >= 0.6 is 0 Å². The molecule has 1 aliphatic rings. The minimum absolute atomic E-state index is 0.0860. The molecule has 3 heterocycles. The van der Waals surface area contributed by atoms with Crippen LogP contribution in [0.3, 0.4) is 0 Å². The van der Waals surface area contributed by atoms with E-state index in [0.29, 0.717) is 18.7 Å². The van der Waals surface area contributed by atoms with Gasteiger partial charge in [-0.1, -0.05) is 43.3 Å². The third kappa shape index (κ3) is 3.27. The minimum Gasteiger partial charge on any atom is -0.302 e. The second-order valence-corrected chi connectivity index (χ2v) is 9.05. The maximum absolute atomic E-state index is 11.9. The van der Waals surface area contributed by atoms with E-state index in [9.17, 15) is 8.42 Å². The first-order valence-electron chi connectivity index (χ1n) is 9.03. The Bertz CT molecular complexity index is 1010. The molecule has 26 heavy (non-hydrogen) atoms. The molecule has 6 heteroatoms. The number of fused-ring (bicyclic) bond motifs is 1. The zero-order valence-corrected chi connectivity index (χ0v) is 15.7. The quantitative estimate of drug-likeness (QED) is 0.694. The number of imidazole rings is 1. The molecule has 0 amide bonds. The van der Waals surface area contributed by atoms with Crippen molar-refractivity contribution in [3.05, 3.63) is 60.4 Å². The Morgan fingerprint density at radius 2 is 1.92 bits per heavy atom. The summed E-state index contributed by atoms with van der Waals surface area (Å²) >= 11 is 0. The van der Waals surface area contributed by atoms with Gasteiger partial charge >= 0.3 is 0 Å². The van der Waals surface area contributed by atoms with E-state index in [1.807, 2.05) is 42.6 Å². The molecule has 2 aromatic heterocycles.